The topological polar surface area (TPSA) is 108 Å². The zero-order valence-electron chi connectivity index (χ0n) is 27.3. The number of pyridine rings is 1. The van der Waals surface area contributed by atoms with Crippen LogP contribution in [-0.4, -0.2) is 62.2 Å². The second-order valence-electron chi connectivity index (χ2n) is 12.2. The zero-order chi connectivity index (χ0) is 32.8. The van der Waals surface area contributed by atoms with Gasteiger partial charge in [-0.2, -0.15) is 0 Å². The summed E-state index contributed by atoms with van der Waals surface area (Å²) in [5.74, 6) is 2.00. The number of aromatic nitrogens is 1. The molecule has 10 nitrogen and oxygen atoms in total. The van der Waals surface area contributed by atoms with Gasteiger partial charge in [0.25, 0.3) is 0 Å². The lowest BCUT2D eigenvalue weighted by Gasteiger charge is -2.38. The van der Waals surface area contributed by atoms with Crippen LogP contribution in [0.2, 0.25) is 5.02 Å². The fourth-order valence-corrected chi connectivity index (χ4v) is 6.44. The average molecular weight is 649 g/mol. The van der Waals surface area contributed by atoms with Crippen LogP contribution in [0.3, 0.4) is 0 Å². The van der Waals surface area contributed by atoms with Gasteiger partial charge in [0.15, 0.2) is 11.5 Å². The van der Waals surface area contributed by atoms with E-state index in [1.165, 1.54) is 0 Å². The van der Waals surface area contributed by atoms with Crippen molar-refractivity contribution in [1.82, 2.24) is 21.0 Å². The molecule has 3 N–H and O–H groups in total. The van der Waals surface area contributed by atoms with Crippen LogP contribution >= 0.6 is 11.6 Å². The Morgan fingerprint density at radius 3 is 2.41 bits per heavy atom. The molecule has 46 heavy (non-hydrogen) atoms. The predicted molar refractivity (Wildman–Crippen MR) is 182 cm³/mol. The summed E-state index contributed by atoms with van der Waals surface area (Å²) >= 11 is 6.26. The molecule has 1 aromatic heterocycles. The predicted octanol–water partition coefficient (Wildman–Crippen LogP) is 5.19. The third kappa shape index (κ3) is 7.92. The first-order valence-electron chi connectivity index (χ1n) is 16.1. The van der Waals surface area contributed by atoms with Gasteiger partial charge in [-0.1, -0.05) is 23.7 Å². The van der Waals surface area contributed by atoms with Gasteiger partial charge in [-0.3, -0.25) is 19.5 Å². The van der Waals surface area contributed by atoms with Crippen LogP contribution in [0, 0.1) is 0 Å². The Labute approximate surface area is 276 Å². The highest BCUT2D eigenvalue weighted by Gasteiger charge is 2.36. The number of anilines is 2. The fraction of sp³-hybridized carbons (Fsp3) is 0.457. The Hall–Kier alpha value is -3.86. The molecule has 0 spiro atoms. The fourth-order valence-electron chi connectivity index (χ4n) is 6.31. The lowest BCUT2D eigenvalue weighted by Crippen LogP contribution is -2.48. The number of nitrogens with one attached hydrogen (secondary N) is 3. The Morgan fingerprint density at radius 1 is 1.07 bits per heavy atom. The molecule has 1 aliphatic carbocycles. The van der Waals surface area contributed by atoms with Gasteiger partial charge < -0.3 is 20.1 Å². The maximum absolute atomic E-state index is 13.8. The number of halogens is 1. The third-order valence-electron chi connectivity index (χ3n) is 8.52. The molecule has 2 aromatic carbocycles. The molecule has 1 fully saturated rings. The van der Waals surface area contributed by atoms with Crippen LogP contribution in [0.25, 0.3) is 0 Å². The number of carbonyl (C=O) groups excluding carboxylic acids is 2. The highest BCUT2D eigenvalue weighted by molar-refractivity contribution is 6.30. The molecule has 1 saturated carbocycles. The molecule has 1 atom stereocenters. The van der Waals surface area contributed by atoms with E-state index in [9.17, 15) is 9.59 Å². The molecule has 2 amide bonds. The van der Waals surface area contributed by atoms with E-state index < -0.39 is 6.04 Å². The molecule has 3 aromatic rings. The molecule has 0 saturated heterocycles. The molecule has 2 aliphatic rings. The van der Waals surface area contributed by atoms with Crippen LogP contribution < -0.4 is 35.4 Å². The van der Waals surface area contributed by atoms with E-state index in [4.69, 9.17) is 26.1 Å². The number of hydrogen-bond donors (Lipinski definition) is 3. The molecule has 1 unspecified atom stereocenters. The SMILES string of the molecule is CCNC(=O)CNC1CCC(NN(C)c2ccc(N3C(=O)Cc4cc(OC)c(OC(C)C)cc4C3c3ccc(Cl)cc3)cn2)CC1. The van der Waals surface area contributed by atoms with Gasteiger partial charge in [0.05, 0.1) is 44.1 Å². The molecule has 11 heteroatoms. The lowest BCUT2D eigenvalue weighted by molar-refractivity contribution is -0.120. The molecule has 0 radical (unpaired) electrons. The van der Waals surface area contributed by atoms with Crippen molar-refractivity contribution in [3.63, 3.8) is 0 Å². The maximum Gasteiger partial charge on any atom is 0.233 e. The minimum Gasteiger partial charge on any atom is -0.493 e. The summed E-state index contributed by atoms with van der Waals surface area (Å²) < 4.78 is 11.8. The average Bonchev–Trinajstić information content (AvgIpc) is 3.04. The van der Waals surface area contributed by atoms with Crippen LogP contribution in [0.5, 0.6) is 11.5 Å². The summed E-state index contributed by atoms with van der Waals surface area (Å²) in [6.45, 7) is 6.88. The summed E-state index contributed by atoms with van der Waals surface area (Å²) in [5, 5.41) is 8.78. The van der Waals surface area contributed by atoms with Crippen molar-refractivity contribution in [2.24, 2.45) is 0 Å². The summed E-state index contributed by atoms with van der Waals surface area (Å²) in [5.41, 5.74) is 7.08. The van der Waals surface area contributed by atoms with Crippen molar-refractivity contribution < 1.29 is 19.1 Å². The second kappa shape index (κ2) is 15.2. The standard InChI is InChI=1S/C35H45ClN6O4/c1-6-37-33(43)21-38-26-11-13-27(14-12-26)40-41(4)32-16-15-28(20-39-32)42-34(44)18-24-17-30(45-5)31(46-22(2)3)19-29(24)35(42)23-7-9-25(36)10-8-23/h7-10,15-17,19-20,22,26-27,35,38,40H,6,11-14,18,21H2,1-5H3,(H,37,43). The first kappa shape index (κ1) is 33.5. The smallest absolute Gasteiger partial charge is 0.233 e. The van der Waals surface area contributed by atoms with Crippen LogP contribution in [-0.2, 0) is 16.0 Å². The van der Waals surface area contributed by atoms with E-state index in [0.29, 0.717) is 47.4 Å². The summed E-state index contributed by atoms with van der Waals surface area (Å²) in [6, 6.07) is 15.6. The van der Waals surface area contributed by atoms with Crippen molar-refractivity contribution in [3.05, 3.63) is 76.4 Å². The Bertz CT molecular complexity index is 1490. The van der Waals surface area contributed by atoms with Gasteiger partial charge in [0, 0.05) is 30.7 Å². The molecule has 1 aliphatic heterocycles. The summed E-state index contributed by atoms with van der Waals surface area (Å²) in [4.78, 5) is 32.2. The molecule has 5 rings (SSSR count). The van der Waals surface area contributed by atoms with Crippen LogP contribution in [0.1, 0.15) is 69.2 Å². The summed E-state index contributed by atoms with van der Waals surface area (Å²) in [7, 11) is 3.57. The number of ether oxygens (including phenoxy) is 2. The van der Waals surface area contributed by atoms with E-state index >= 15 is 0 Å². The van der Waals surface area contributed by atoms with Crippen molar-refractivity contribution in [2.45, 2.75) is 77.1 Å². The Kier molecular flexibility index (Phi) is 11.0. The zero-order valence-corrected chi connectivity index (χ0v) is 28.1. The van der Waals surface area contributed by atoms with Crippen LogP contribution in [0.15, 0.2) is 54.7 Å². The van der Waals surface area contributed by atoms with Crippen molar-refractivity contribution in [1.29, 1.82) is 0 Å². The normalized spacial score (nSPS) is 19.5. The molecule has 246 valence electrons. The molecular formula is C35H45ClN6O4. The largest absolute Gasteiger partial charge is 0.493 e. The molecular weight excluding hydrogens is 604 g/mol. The monoisotopic (exact) mass is 648 g/mol. The van der Waals surface area contributed by atoms with Gasteiger partial charge >= 0.3 is 0 Å². The maximum atomic E-state index is 13.8. The van der Waals surface area contributed by atoms with Gasteiger partial charge in [-0.25, -0.2) is 10.4 Å². The number of nitrogens with zero attached hydrogens (tertiary/aromatic N) is 3. The number of benzene rings is 2. The lowest BCUT2D eigenvalue weighted by atomic mass is 9.87. The number of fused-ring (bicyclic) bond motifs is 1. The first-order chi connectivity index (χ1) is 22.2. The highest BCUT2D eigenvalue weighted by Crippen LogP contribution is 2.43. The first-order valence-corrected chi connectivity index (χ1v) is 16.5. The minimum atomic E-state index is -0.408. The number of amides is 2. The van der Waals surface area contributed by atoms with Crippen molar-refractivity contribution >= 4 is 34.9 Å². The number of methoxy groups -OCH3 is 1. The third-order valence-corrected chi connectivity index (χ3v) is 8.77. The van der Waals surface area contributed by atoms with Gasteiger partial charge in [0.2, 0.25) is 11.8 Å². The van der Waals surface area contributed by atoms with E-state index in [1.807, 2.05) is 86.3 Å². The van der Waals surface area contributed by atoms with Gasteiger partial charge in [0.1, 0.15) is 5.82 Å². The van der Waals surface area contributed by atoms with E-state index in [2.05, 4.69) is 16.1 Å². The number of carbonyl (C=O) groups is 2. The highest BCUT2D eigenvalue weighted by atomic mass is 35.5. The van der Waals surface area contributed by atoms with Crippen molar-refractivity contribution in [2.75, 3.05) is 37.2 Å². The quantitative estimate of drug-likeness (QED) is 0.231. The molecule has 2 heterocycles. The van der Waals surface area contributed by atoms with Gasteiger partial charge in [-0.15, -0.1) is 0 Å². The second-order valence-corrected chi connectivity index (χ2v) is 12.6. The van der Waals surface area contributed by atoms with E-state index in [1.54, 1.807) is 13.3 Å². The van der Waals surface area contributed by atoms with Gasteiger partial charge in [-0.05, 0) is 99.5 Å². The Morgan fingerprint density at radius 2 is 1.78 bits per heavy atom. The number of hydrogen-bond acceptors (Lipinski definition) is 8. The number of hydrazine groups is 1. The Balaban J connectivity index is 1.33. The molecule has 0 bridgehead atoms. The van der Waals surface area contributed by atoms with Crippen LogP contribution in [0.4, 0.5) is 11.5 Å². The van der Waals surface area contributed by atoms with E-state index in [-0.39, 0.29) is 24.3 Å². The number of rotatable bonds is 12. The number of likely N-dealkylation sites (N-methyl/N-ethyl adjacent to an activating group) is 1. The summed E-state index contributed by atoms with van der Waals surface area (Å²) in [6.07, 6.45) is 5.92. The van der Waals surface area contributed by atoms with E-state index in [0.717, 1.165) is 48.2 Å². The van der Waals surface area contributed by atoms with Crippen molar-refractivity contribution in [3.8, 4) is 11.5 Å². The minimum absolute atomic E-state index is 0.0365.